The minimum atomic E-state index is -0.874. The Labute approximate surface area is 123 Å². The molecule has 102 valence electrons. The Morgan fingerprint density at radius 3 is 2.79 bits per heavy atom. The number of nitrogens with zero attached hydrogens (tertiary/aromatic N) is 2. The van der Waals surface area contributed by atoms with Crippen molar-refractivity contribution < 1.29 is 14.7 Å². The number of amides is 1. The number of hydrogen-bond donors (Lipinski definition) is 1. The van der Waals surface area contributed by atoms with Gasteiger partial charge in [-0.3, -0.25) is 9.59 Å². The molecule has 7 heteroatoms. The first-order chi connectivity index (χ1) is 8.90. The third-order valence-electron chi connectivity index (χ3n) is 3.25. The maximum Gasteiger partial charge on any atom is 0.308 e. The maximum absolute atomic E-state index is 12.3. The second kappa shape index (κ2) is 5.46. The van der Waals surface area contributed by atoms with Gasteiger partial charge in [-0.2, -0.15) is 0 Å². The van der Waals surface area contributed by atoms with Crippen molar-refractivity contribution in [3.8, 4) is 0 Å². The Morgan fingerprint density at radius 2 is 2.21 bits per heavy atom. The molecule has 0 bridgehead atoms. The summed E-state index contributed by atoms with van der Waals surface area (Å²) in [6.45, 7) is 2.45. The number of carboxylic acid groups (broad SMARTS) is 1. The molecule has 2 rings (SSSR count). The van der Waals surface area contributed by atoms with Gasteiger partial charge in [0, 0.05) is 23.8 Å². The van der Waals surface area contributed by atoms with E-state index in [1.165, 1.54) is 11.1 Å². The van der Waals surface area contributed by atoms with Crippen molar-refractivity contribution in [2.75, 3.05) is 13.1 Å². The first kappa shape index (κ1) is 14.3. The van der Waals surface area contributed by atoms with E-state index < -0.39 is 11.9 Å². The van der Waals surface area contributed by atoms with E-state index in [0.29, 0.717) is 11.0 Å². The summed E-state index contributed by atoms with van der Waals surface area (Å²) in [5, 5.41) is 9.19. The summed E-state index contributed by atoms with van der Waals surface area (Å²) in [6.07, 6.45) is 1.51. The second-order valence-electron chi connectivity index (χ2n) is 4.62. The molecular formula is C12H12BrClN2O3. The molecule has 1 aromatic heterocycles. The fraction of sp³-hybridized carbons (Fsp3) is 0.417. The number of likely N-dealkylation sites (tertiary alicyclic amines) is 1. The van der Waals surface area contributed by atoms with Gasteiger partial charge < -0.3 is 10.0 Å². The summed E-state index contributed by atoms with van der Waals surface area (Å²) in [5.41, 5.74) is 0.286. The molecule has 0 radical (unpaired) electrons. The van der Waals surface area contributed by atoms with Gasteiger partial charge in [-0.25, -0.2) is 4.98 Å². The summed E-state index contributed by atoms with van der Waals surface area (Å²) in [5.74, 6) is -1.75. The summed E-state index contributed by atoms with van der Waals surface area (Å²) in [6, 6.07) is 1.59. The number of carbonyl (C=O) groups is 2. The third kappa shape index (κ3) is 2.90. The highest BCUT2D eigenvalue weighted by Gasteiger charge is 2.37. The Kier molecular flexibility index (Phi) is 4.10. The summed E-state index contributed by atoms with van der Waals surface area (Å²) < 4.78 is 0.655. The van der Waals surface area contributed by atoms with Gasteiger partial charge in [0.2, 0.25) is 0 Å². The number of aliphatic carboxylic acids is 1. The standard InChI is InChI=1S/C12H12BrClN2O3/c1-6-4-16(5-9(6)12(18)19)11(17)8-2-7(13)3-15-10(8)14/h2-3,6,9H,4-5H2,1H3,(H,18,19)/t6-,9-/m1/s1. The van der Waals surface area contributed by atoms with Gasteiger partial charge in [0.1, 0.15) is 5.15 Å². The van der Waals surface area contributed by atoms with Crippen molar-refractivity contribution in [3.05, 3.63) is 27.5 Å². The highest BCUT2D eigenvalue weighted by atomic mass is 79.9. The molecule has 1 aromatic rings. The van der Waals surface area contributed by atoms with Crippen LogP contribution in [0, 0.1) is 11.8 Å². The second-order valence-corrected chi connectivity index (χ2v) is 5.90. The van der Waals surface area contributed by atoms with Crippen LogP contribution in [0.3, 0.4) is 0 Å². The van der Waals surface area contributed by atoms with Gasteiger partial charge in [-0.1, -0.05) is 18.5 Å². The number of halogens is 2. The first-order valence-electron chi connectivity index (χ1n) is 5.73. The predicted molar refractivity (Wildman–Crippen MR) is 73.1 cm³/mol. The maximum atomic E-state index is 12.3. The SMILES string of the molecule is C[C@@H]1CN(C(=O)c2cc(Br)cnc2Cl)C[C@H]1C(=O)O. The Hall–Kier alpha value is -1.14. The normalized spacial score (nSPS) is 22.6. The van der Waals surface area contributed by atoms with E-state index in [1.54, 1.807) is 6.07 Å². The Morgan fingerprint density at radius 1 is 1.53 bits per heavy atom. The summed E-state index contributed by atoms with van der Waals surface area (Å²) in [7, 11) is 0. The van der Waals surface area contributed by atoms with Crippen LogP contribution in [0.4, 0.5) is 0 Å². The molecule has 5 nitrogen and oxygen atoms in total. The highest BCUT2D eigenvalue weighted by molar-refractivity contribution is 9.10. The van der Waals surface area contributed by atoms with Crippen LogP contribution in [-0.2, 0) is 4.79 Å². The monoisotopic (exact) mass is 346 g/mol. The lowest BCUT2D eigenvalue weighted by Gasteiger charge is -2.16. The largest absolute Gasteiger partial charge is 0.481 e. The fourth-order valence-electron chi connectivity index (χ4n) is 2.20. The quantitative estimate of drug-likeness (QED) is 0.833. The lowest BCUT2D eigenvalue weighted by molar-refractivity contribution is -0.142. The average Bonchev–Trinajstić information content (AvgIpc) is 2.74. The molecule has 1 aliphatic heterocycles. The van der Waals surface area contributed by atoms with Crippen LogP contribution < -0.4 is 0 Å². The van der Waals surface area contributed by atoms with E-state index in [9.17, 15) is 9.59 Å². The van der Waals surface area contributed by atoms with Crippen molar-refractivity contribution in [2.24, 2.45) is 11.8 Å². The first-order valence-corrected chi connectivity index (χ1v) is 6.90. The van der Waals surface area contributed by atoms with Crippen molar-refractivity contribution in [2.45, 2.75) is 6.92 Å². The zero-order chi connectivity index (χ0) is 14.2. The fourth-order valence-corrected chi connectivity index (χ4v) is 2.71. The van der Waals surface area contributed by atoms with Gasteiger partial charge in [0.15, 0.2) is 0 Å². The molecule has 2 heterocycles. The predicted octanol–water partition coefficient (Wildman–Crippen LogP) is 2.29. The molecule has 1 aliphatic rings. The van der Waals surface area contributed by atoms with Crippen molar-refractivity contribution >= 4 is 39.4 Å². The van der Waals surface area contributed by atoms with Crippen LogP contribution in [0.2, 0.25) is 5.15 Å². The van der Waals surface area contributed by atoms with Crippen molar-refractivity contribution in [1.82, 2.24) is 9.88 Å². The third-order valence-corrected chi connectivity index (χ3v) is 3.99. The molecule has 1 fully saturated rings. The summed E-state index contributed by atoms with van der Waals surface area (Å²) >= 11 is 9.14. The molecule has 0 aromatic carbocycles. The van der Waals surface area contributed by atoms with Gasteiger partial charge in [0.05, 0.1) is 11.5 Å². The minimum Gasteiger partial charge on any atom is -0.481 e. The Bertz CT molecular complexity index is 538. The van der Waals surface area contributed by atoms with E-state index in [1.807, 2.05) is 6.92 Å². The molecule has 1 saturated heterocycles. The van der Waals surface area contributed by atoms with Crippen molar-refractivity contribution in [3.63, 3.8) is 0 Å². The molecule has 0 spiro atoms. The number of hydrogen-bond acceptors (Lipinski definition) is 3. The van der Waals surface area contributed by atoms with Gasteiger partial charge in [-0.05, 0) is 27.9 Å². The molecule has 19 heavy (non-hydrogen) atoms. The number of carbonyl (C=O) groups excluding carboxylic acids is 1. The smallest absolute Gasteiger partial charge is 0.308 e. The number of carboxylic acids is 1. The lowest BCUT2D eigenvalue weighted by Crippen LogP contribution is -2.30. The van der Waals surface area contributed by atoms with Crippen LogP contribution in [-0.4, -0.2) is 40.0 Å². The van der Waals surface area contributed by atoms with Gasteiger partial charge in [-0.15, -0.1) is 0 Å². The molecule has 1 N–H and O–H groups in total. The number of rotatable bonds is 2. The van der Waals surface area contributed by atoms with Crippen LogP contribution in [0.1, 0.15) is 17.3 Å². The lowest BCUT2D eigenvalue weighted by atomic mass is 9.99. The van der Waals surface area contributed by atoms with E-state index in [2.05, 4.69) is 20.9 Å². The van der Waals surface area contributed by atoms with Gasteiger partial charge >= 0.3 is 5.97 Å². The molecule has 1 amide bonds. The zero-order valence-electron chi connectivity index (χ0n) is 10.1. The van der Waals surface area contributed by atoms with E-state index in [0.717, 1.165) is 0 Å². The minimum absolute atomic E-state index is 0.0691. The number of pyridine rings is 1. The summed E-state index contributed by atoms with van der Waals surface area (Å²) in [4.78, 5) is 28.8. The molecule has 2 atom stereocenters. The average molecular weight is 348 g/mol. The zero-order valence-corrected chi connectivity index (χ0v) is 12.5. The highest BCUT2D eigenvalue weighted by Crippen LogP contribution is 2.27. The van der Waals surface area contributed by atoms with Gasteiger partial charge in [0.25, 0.3) is 5.91 Å². The van der Waals surface area contributed by atoms with E-state index in [-0.39, 0.29) is 29.1 Å². The van der Waals surface area contributed by atoms with Crippen LogP contribution in [0.5, 0.6) is 0 Å². The molecule has 0 aliphatic carbocycles. The van der Waals surface area contributed by atoms with Crippen LogP contribution in [0.25, 0.3) is 0 Å². The Balaban J connectivity index is 2.22. The molecule has 0 unspecified atom stereocenters. The van der Waals surface area contributed by atoms with Crippen molar-refractivity contribution in [1.29, 1.82) is 0 Å². The van der Waals surface area contributed by atoms with Crippen LogP contribution in [0.15, 0.2) is 16.7 Å². The molecular weight excluding hydrogens is 336 g/mol. The molecule has 0 saturated carbocycles. The van der Waals surface area contributed by atoms with E-state index >= 15 is 0 Å². The van der Waals surface area contributed by atoms with E-state index in [4.69, 9.17) is 16.7 Å². The number of aromatic nitrogens is 1. The van der Waals surface area contributed by atoms with Crippen LogP contribution >= 0.6 is 27.5 Å². The topological polar surface area (TPSA) is 70.5 Å².